The van der Waals surface area contributed by atoms with E-state index in [2.05, 4.69) is 0 Å². The number of carbonyl (C=O) groups excluding carboxylic acids is 1. The predicted molar refractivity (Wildman–Crippen MR) is 58.2 cm³/mol. The molecule has 0 aromatic carbocycles. The lowest BCUT2D eigenvalue weighted by Crippen LogP contribution is -2.27. The fraction of sp³-hybridized carbons (Fsp3) is 0.917. The second kappa shape index (κ2) is 4.97. The normalized spacial score (nSPS) is 23.3. The average Bonchev–Trinajstić information content (AvgIpc) is 2.91. The summed E-state index contributed by atoms with van der Waals surface area (Å²) in [4.78, 5) is 11.4. The number of hydrogen-bond donors (Lipinski definition) is 1. The number of hydrogen-bond acceptors (Lipinski definition) is 3. The second-order valence-corrected chi connectivity index (χ2v) is 5.01. The molecular weight excluding hydrogens is 190 g/mol. The molecule has 0 bridgehead atoms. The predicted octanol–water partition coefficient (Wildman–Crippen LogP) is 1.85. The molecule has 2 fully saturated rings. The quantitative estimate of drug-likeness (QED) is 0.682. The molecular formula is C12H21NO2. The van der Waals surface area contributed by atoms with Crippen LogP contribution in [0, 0.1) is 11.8 Å². The van der Waals surface area contributed by atoms with Crippen molar-refractivity contribution in [2.75, 3.05) is 6.61 Å². The van der Waals surface area contributed by atoms with E-state index >= 15 is 0 Å². The summed E-state index contributed by atoms with van der Waals surface area (Å²) in [7, 11) is 0. The third-order valence-corrected chi connectivity index (χ3v) is 3.64. The molecule has 0 radical (unpaired) electrons. The Hall–Kier alpha value is -0.570. The van der Waals surface area contributed by atoms with Gasteiger partial charge in [0, 0.05) is 6.04 Å². The molecule has 0 aromatic rings. The molecule has 86 valence electrons. The van der Waals surface area contributed by atoms with Gasteiger partial charge in [-0.2, -0.15) is 0 Å². The highest BCUT2D eigenvalue weighted by Gasteiger charge is 2.30. The summed E-state index contributed by atoms with van der Waals surface area (Å²) in [5, 5.41) is 0. The molecule has 2 rings (SSSR count). The second-order valence-electron chi connectivity index (χ2n) is 5.01. The largest absolute Gasteiger partial charge is 0.466 e. The van der Waals surface area contributed by atoms with Gasteiger partial charge in [0.2, 0.25) is 0 Å². The van der Waals surface area contributed by atoms with Crippen LogP contribution in [-0.4, -0.2) is 18.6 Å². The van der Waals surface area contributed by atoms with Gasteiger partial charge in [-0.05, 0) is 31.1 Å². The Labute approximate surface area is 91.4 Å². The van der Waals surface area contributed by atoms with Crippen LogP contribution >= 0.6 is 0 Å². The van der Waals surface area contributed by atoms with Crippen molar-refractivity contribution < 1.29 is 9.53 Å². The van der Waals surface area contributed by atoms with E-state index in [1.807, 2.05) is 0 Å². The van der Waals surface area contributed by atoms with Gasteiger partial charge in [-0.1, -0.05) is 19.3 Å². The van der Waals surface area contributed by atoms with E-state index in [9.17, 15) is 4.79 Å². The molecule has 0 heterocycles. The van der Waals surface area contributed by atoms with Crippen LogP contribution in [0.5, 0.6) is 0 Å². The maximum atomic E-state index is 11.4. The fourth-order valence-corrected chi connectivity index (χ4v) is 2.06. The van der Waals surface area contributed by atoms with E-state index < -0.39 is 0 Å². The first kappa shape index (κ1) is 10.9. The summed E-state index contributed by atoms with van der Waals surface area (Å²) in [5.41, 5.74) is 5.85. The number of carbonyl (C=O) groups is 1. The van der Waals surface area contributed by atoms with E-state index in [1.165, 1.54) is 32.1 Å². The summed E-state index contributed by atoms with van der Waals surface area (Å²) in [5.74, 6) is 1.30. The van der Waals surface area contributed by atoms with Gasteiger partial charge in [-0.3, -0.25) is 4.79 Å². The SMILES string of the molecule is NC(CC(=O)OCCC1CCC1)C1CC1. The van der Waals surface area contributed by atoms with Crippen LogP contribution in [-0.2, 0) is 9.53 Å². The highest BCUT2D eigenvalue weighted by Crippen LogP contribution is 2.33. The van der Waals surface area contributed by atoms with Crippen LogP contribution in [0.2, 0.25) is 0 Å². The lowest BCUT2D eigenvalue weighted by atomic mass is 9.83. The van der Waals surface area contributed by atoms with Gasteiger partial charge in [-0.25, -0.2) is 0 Å². The molecule has 3 heteroatoms. The smallest absolute Gasteiger partial charge is 0.307 e. The van der Waals surface area contributed by atoms with Crippen molar-refractivity contribution in [1.82, 2.24) is 0 Å². The minimum Gasteiger partial charge on any atom is -0.466 e. The topological polar surface area (TPSA) is 52.3 Å². The van der Waals surface area contributed by atoms with Crippen LogP contribution in [0.15, 0.2) is 0 Å². The highest BCUT2D eigenvalue weighted by atomic mass is 16.5. The zero-order chi connectivity index (χ0) is 10.7. The highest BCUT2D eigenvalue weighted by molar-refractivity contribution is 5.70. The van der Waals surface area contributed by atoms with Crippen molar-refractivity contribution in [3.8, 4) is 0 Å². The monoisotopic (exact) mass is 211 g/mol. The average molecular weight is 211 g/mol. The first-order chi connectivity index (χ1) is 7.25. The first-order valence-electron chi connectivity index (χ1n) is 6.17. The third-order valence-electron chi connectivity index (χ3n) is 3.64. The van der Waals surface area contributed by atoms with Crippen LogP contribution in [0.1, 0.15) is 44.9 Å². The van der Waals surface area contributed by atoms with E-state index in [-0.39, 0.29) is 12.0 Å². The molecule has 2 aliphatic rings. The zero-order valence-corrected chi connectivity index (χ0v) is 9.28. The van der Waals surface area contributed by atoms with Gasteiger partial charge in [-0.15, -0.1) is 0 Å². The molecule has 0 spiro atoms. The fourth-order valence-electron chi connectivity index (χ4n) is 2.06. The maximum absolute atomic E-state index is 11.4. The van der Waals surface area contributed by atoms with E-state index in [0.29, 0.717) is 18.9 Å². The molecule has 0 aliphatic heterocycles. The van der Waals surface area contributed by atoms with E-state index in [0.717, 1.165) is 12.3 Å². The Morgan fingerprint density at radius 3 is 2.60 bits per heavy atom. The Bertz CT molecular complexity index is 222. The molecule has 1 atom stereocenters. The molecule has 1 unspecified atom stereocenters. The van der Waals surface area contributed by atoms with Crippen LogP contribution in [0.4, 0.5) is 0 Å². The van der Waals surface area contributed by atoms with E-state index in [4.69, 9.17) is 10.5 Å². The van der Waals surface area contributed by atoms with Gasteiger partial charge < -0.3 is 10.5 Å². The molecule has 2 saturated carbocycles. The summed E-state index contributed by atoms with van der Waals surface area (Å²) in [6, 6.07) is 0.0428. The van der Waals surface area contributed by atoms with Crippen molar-refractivity contribution in [2.24, 2.45) is 17.6 Å². The Morgan fingerprint density at radius 1 is 1.33 bits per heavy atom. The Kier molecular flexibility index (Phi) is 3.62. The summed E-state index contributed by atoms with van der Waals surface area (Å²) in [6.45, 7) is 0.598. The number of nitrogens with two attached hydrogens (primary N) is 1. The zero-order valence-electron chi connectivity index (χ0n) is 9.28. The Morgan fingerprint density at radius 2 is 2.07 bits per heavy atom. The lowest BCUT2D eigenvalue weighted by molar-refractivity contribution is -0.144. The van der Waals surface area contributed by atoms with Crippen molar-refractivity contribution in [3.63, 3.8) is 0 Å². The number of esters is 1. The van der Waals surface area contributed by atoms with Crippen molar-refractivity contribution in [3.05, 3.63) is 0 Å². The first-order valence-corrected chi connectivity index (χ1v) is 6.17. The van der Waals surface area contributed by atoms with Gasteiger partial charge in [0.15, 0.2) is 0 Å². The van der Waals surface area contributed by atoms with Crippen LogP contribution < -0.4 is 5.73 Å². The summed E-state index contributed by atoms with van der Waals surface area (Å²) >= 11 is 0. The molecule has 0 aromatic heterocycles. The van der Waals surface area contributed by atoms with E-state index in [1.54, 1.807) is 0 Å². The van der Waals surface area contributed by atoms with Gasteiger partial charge in [0.05, 0.1) is 13.0 Å². The van der Waals surface area contributed by atoms with Crippen LogP contribution in [0.25, 0.3) is 0 Å². The summed E-state index contributed by atoms with van der Waals surface area (Å²) < 4.78 is 5.18. The Balaban J connectivity index is 1.51. The molecule has 3 nitrogen and oxygen atoms in total. The molecule has 0 amide bonds. The van der Waals surface area contributed by atoms with Gasteiger partial charge in [0.1, 0.15) is 0 Å². The number of ether oxygens (including phenoxy) is 1. The molecule has 15 heavy (non-hydrogen) atoms. The van der Waals surface area contributed by atoms with Crippen molar-refractivity contribution >= 4 is 5.97 Å². The van der Waals surface area contributed by atoms with Crippen LogP contribution in [0.3, 0.4) is 0 Å². The number of rotatable bonds is 6. The third kappa shape index (κ3) is 3.49. The van der Waals surface area contributed by atoms with Gasteiger partial charge >= 0.3 is 5.97 Å². The van der Waals surface area contributed by atoms with Crippen molar-refractivity contribution in [1.29, 1.82) is 0 Å². The maximum Gasteiger partial charge on any atom is 0.307 e. The molecule has 2 aliphatic carbocycles. The minimum atomic E-state index is -0.103. The minimum absolute atomic E-state index is 0.0428. The lowest BCUT2D eigenvalue weighted by Gasteiger charge is -2.24. The summed E-state index contributed by atoms with van der Waals surface area (Å²) in [6.07, 6.45) is 7.83. The van der Waals surface area contributed by atoms with Gasteiger partial charge in [0.25, 0.3) is 0 Å². The van der Waals surface area contributed by atoms with Crippen molar-refractivity contribution in [2.45, 2.75) is 51.0 Å². The standard InChI is InChI=1S/C12H21NO2/c13-11(10-4-5-10)8-12(14)15-7-6-9-2-1-3-9/h9-11H,1-8,13H2. The molecule has 2 N–H and O–H groups in total. The molecule has 0 saturated heterocycles.